The van der Waals surface area contributed by atoms with E-state index in [1.807, 2.05) is 54.6 Å². The van der Waals surface area contributed by atoms with Crippen molar-refractivity contribution in [2.75, 3.05) is 13.7 Å². The molecule has 5 nitrogen and oxygen atoms in total. The van der Waals surface area contributed by atoms with Crippen molar-refractivity contribution in [3.8, 4) is 5.75 Å². The number of nitrogens with one attached hydrogen (secondary N) is 1. The molecule has 1 aromatic heterocycles. The maximum atomic E-state index is 12.5. The third-order valence-electron chi connectivity index (χ3n) is 5.23. The fourth-order valence-corrected chi connectivity index (χ4v) is 3.86. The summed E-state index contributed by atoms with van der Waals surface area (Å²) in [6, 6.07) is 23.2. The van der Waals surface area contributed by atoms with Gasteiger partial charge in [-0.25, -0.2) is 4.98 Å². The average Bonchev–Trinajstić information content (AvgIpc) is 3.15. The van der Waals surface area contributed by atoms with Crippen LogP contribution in [0.2, 0.25) is 5.02 Å². The first-order valence-corrected chi connectivity index (χ1v) is 10.6. The Balaban J connectivity index is 1.46. The third-order valence-corrected chi connectivity index (χ3v) is 5.60. The zero-order valence-corrected chi connectivity index (χ0v) is 18.1. The van der Waals surface area contributed by atoms with Gasteiger partial charge in [-0.3, -0.25) is 4.79 Å². The second kappa shape index (κ2) is 9.67. The lowest BCUT2D eigenvalue weighted by molar-refractivity contribution is 0.0950. The number of hydrogen-bond acceptors (Lipinski definition) is 3. The van der Waals surface area contributed by atoms with Crippen LogP contribution in [-0.2, 0) is 13.0 Å². The van der Waals surface area contributed by atoms with E-state index in [1.165, 1.54) is 0 Å². The smallest absolute Gasteiger partial charge is 0.255 e. The molecule has 1 N–H and O–H groups in total. The Hall–Kier alpha value is -3.31. The van der Waals surface area contributed by atoms with E-state index in [2.05, 4.69) is 16.0 Å². The van der Waals surface area contributed by atoms with Gasteiger partial charge in [-0.2, -0.15) is 0 Å². The summed E-state index contributed by atoms with van der Waals surface area (Å²) in [6.45, 7) is 1.20. The predicted molar refractivity (Wildman–Crippen MR) is 124 cm³/mol. The normalized spacial score (nSPS) is 10.9. The number of imidazole rings is 1. The minimum Gasteiger partial charge on any atom is -0.496 e. The summed E-state index contributed by atoms with van der Waals surface area (Å²) in [6.07, 6.45) is 1.51. The molecule has 158 valence electrons. The van der Waals surface area contributed by atoms with Gasteiger partial charge in [0.25, 0.3) is 5.91 Å². The predicted octanol–water partition coefficient (Wildman–Crippen LogP) is 5.11. The summed E-state index contributed by atoms with van der Waals surface area (Å²) in [5, 5.41) is 3.72. The van der Waals surface area contributed by atoms with Crippen LogP contribution in [0.25, 0.3) is 11.0 Å². The molecule has 1 heterocycles. The van der Waals surface area contributed by atoms with Crippen molar-refractivity contribution in [1.82, 2.24) is 14.9 Å². The van der Waals surface area contributed by atoms with Crippen LogP contribution in [0.1, 0.15) is 28.2 Å². The number of benzene rings is 3. The number of hydrogen-bond donors (Lipinski definition) is 1. The van der Waals surface area contributed by atoms with E-state index in [1.54, 1.807) is 19.2 Å². The van der Waals surface area contributed by atoms with Crippen LogP contribution in [-0.4, -0.2) is 29.1 Å². The molecule has 3 aromatic carbocycles. The molecule has 0 unspecified atom stereocenters. The van der Waals surface area contributed by atoms with Crippen LogP contribution in [0.15, 0.2) is 72.8 Å². The van der Waals surface area contributed by atoms with E-state index in [0.29, 0.717) is 24.4 Å². The molecule has 4 aromatic rings. The van der Waals surface area contributed by atoms with Crippen LogP contribution >= 0.6 is 11.6 Å². The summed E-state index contributed by atoms with van der Waals surface area (Å²) in [5.41, 5.74) is 3.63. The number of rotatable bonds is 8. The molecule has 0 spiro atoms. The largest absolute Gasteiger partial charge is 0.496 e. The summed E-state index contributed by atoms with van der Waals surface area (Å²) >= 11 is 6.40. The lowest BCUT2D eigenvalue weighted by Gasteiger charge is -2.12. The van der Waals surface area contributed by atoms with Crippen LogP contribution in [0.5, 0.6) is 5.75 Å². The molecular weight excluding hydrogens is 410 g/mol. The van der Waals surface area contributed by atoms with Gasteiger partial charge in [0.15, 0.2) is 0 Å². The Morgan fingerprint density at radius 3 is 2.61 bits per heavy atom. The van der Waals surface area contributed by atoms with Gasteiger partial charge in [-0.15, -0.1) is 0 Å². The maximum absolute atomic E-state index is 12.5. The molecule has 0 aliphatic carbocycles. The number of aryl methyl sites for hydroxylation is 1. The Morgan fingerprint density at radius 2 is 1.77 bits per heavy atom. The molecule has 0 saturated carbocycles. The minimum atomic E-state index is -0.137. The first-order chi connectivity index (χ1) is 15.2. The van der Waals surface area contributed by atoms with E-state index < -0.39 is 0 Å². The summed E-state index contributed by atoms with van der Waals surface area (Å²) < 4.78 is 7.48. The third kappa shape index (κ3) is 4.72. The van der Waals surface area contributed by atoms with Gasteiger partial charge in [-0.1, -0.05) is 54.1 Å². The van der Waals surface area contributed by atoms with Gasteiger partial charge in [-0.05, 0) is 42.3 Å². The van der Waals surface area contributed by atoms with Crippen molar-refractivity contribution >= 4 is 28.5 Å². The van der Waals surface area contributed by atoms with Crippen molar-refractivity contribution < 1.29 is 9.53 Å². The number of fused-ring (bicyclic) bond motifs is 1. The standard InChI is InChI=1S/C25H24ClN3O2/c1-31-23-14-7-3-10-19(23)25(30)27-16-8-15-24-28-21-12-5-6-13-22(21)29(24)17-18-9-2-4-11-20(18)26/h2-7,9-14H,8,15-17H2,1H3,(H,27,30). The van der Waals surface area contributed by atoms with Crippen molar-refractivity contribution in [3.63, 3.8) is 0 Å². The van der Waals surface area contributed by atoms with Crippen LogP contribution in [0, 0.1) is 0 Å². The number of nitrogens with zero attached hydrogens (tertiary/aromatic N) is 2. The van der Waals surface area contributed by atoms with Crippen LogP contribution < -0.4 is 10.1 Å². The molecule has 4 rings (SSSR count). The Morgan fingerprint density at radius 1 is 1.03 bits per heavy atom. The molecule has 0 aliphatic heterocycles. The van der Waals surface area contributed by atoms with Crippen molar-refractivity contribution in [1.29, 1.82) is 0 Å². The van der Waals surface area contributed by atoms with Gasteiger partial charge in [0, 0.05) is 18.0 Å². The van der Waals surface area contributed by atoms with Crippen molar-refractivity contribution in [2.24, 2.45) is 0 Å². The topological polar surface area (TPSA) is 56.1 Å². The molecule has 0 radical (unpaired) electrons. The number of halogens is 1. The van der Waals surface area contributed by atoms with E-state index >= 15 is 0 Å². The highest BCUT2D eigenvalue weighted by molar-refractivity contribution is 6.31. The summed E-state index contributed by atoms with van der Waals surface area (Å²) in [4.78, 5) is 17.3. The molecule has 6 heteroatoms. The second-order valence-corrected chi connectivity index (χ2v) is 7.66. The van der Waals surface area contributed by atoms with Gasteiger partial charge in [0.2, 0.25) is 0 Å². The highest BCUT2D eigenvalue weighted by Crippen LogP contribution is 2.22. The SMILES string of the molecule is COc1ccccc1C(=O)NCCCc1nc2ccccc2n1Cc1ccccc1Cl. The molecule has 0 bridgehead atoms. The molecule has 0 fully saturated rings. The zero-order valence-electron chi connectivity index (χ0n) is 17.3. The van der Waals surface area contributed by atoms with Crippen LogP contribution in [0.4, 0.5) is 0 Å². The molecule has 0 aliphatic rings. The first kappa shape index (κ1) is 20.9. The maximum Gasteiger partial charge on any atom is 0.255 e. The quantitative estimate of drug-likeness (QED) is 0.393. The lowest BCUT2D eigenvalue weighted by Crippen LogP contribution is -2.25. The van der Waals surface area contributed by atoms with E-state index in [9.17, 15) is 4.79 Å². The van der Waals surface area contributed by atoms with E-state index in [4.69, 9.17) is 21.3 Å². The van der Waals surface area contributed by atoms with Crippen molar-refractivity contribution in [2.45, 2.75) is 19.4 Å². The minimum absolute atomic E-state index is 0.137. The number of methoxy groups -OCH3 is 1. The molecular formula is C25H24ClN3O2. The molecule has 0 atom stereocenters. The van der Waals surface area contributed by atoms with Gasteiger partial charge >= 0.3 is 0 Å². The number of carbonyl (C=O) groups excluding carboxylic acids is 1. The number of amides is 1. The zero-order chi connectivity index (χ0) is 21.6. The van der Waals surface area contributed by atoms with Gasteiger partial charge in [0.05, 0.1) is 30.3 Å². The fourth-order valence-electron chi connectivity index (χ4n) is 3.67. The van der Waals surface area contributed by atoms with Gasteiger partial charge in [0.1, 0.15) is 11.6 Å². The molecule has 31 heavy (non-hydrogen) atoms. The second-order valence-electron chi connectivity index (χ2n) is 7.25. The summed E-state index contributed by atoms with van der Waals surface area (Å²) in [5.74, 6) is 1.41. The first-order valence-electron chi connectivity index (χ1n) is 10.3. The molecule has 0 saturated heterocycles. The lowest BCUT2D eigenvalue weighted by atomic mass is 10.2. The number of aromatic nitrogens is 2. The fraction of sp³-hybridized carbons (Fsp3) is 0.200. The number of ether oxygens (including phenoxy) is 1. The Labute approximate surface area is 186 Å². The highest BCUT2D eigenvalue weighted by atomic mass is 35.5. The Kier molecular flexibility index (Phi) is 6.53. The summed E-state index contributed by atoms with van der Waals surface area (Å²) in [7, 11) is 1.57. The number of carbonyl (C=O) groups is 1. The average molecular weight is 434 g/mol. The van der Waals surface area contributed by atoms with Crippen LogP contribution in [0.3, 0.4) is 0 Å². The Bertz CT molecular complexity index is 1200. The highest BCUT2D eigenvalue weighted by Gasteiger charge is 2.13. The van der Waals surface area contributed by atoms with E-state index in [0.717, 1.165) is 40.3 Å². The molecule has 1 amide bonds. The number of para-hydroxylation sites is 3. The van der Waals surface area contributed by atoms with Gasteiger partial charge < -0.3 is 14.6 Å². The van der Waals surface area contributed by atoms with Crippen molar-refractivity contribution in [3.05, 3.63) is 94.8 Å². The van der Waals surface area contributed by atoms with E-state index in [-0.39, 0.29) is 5.91 Å². The monoisotopic (exact) mass is 433 g/mol.